The summed E-state index contributed by atoms with van der Waals surface area (Å²) < 4.78 is 0.844. The second kappa shape index (κ2) is 2.67. The van der Waals surface area contributed by atoms with Gasteiger partial charge < -0.3 is 0 Å². The fourth-order valence-electron chi connectivity index (χ4n) is 1.40. The molecule has 1 aliphatic heterocycles. The van der Waals surface area contributed by atoms with E-state index in [4.69, 9.17) is 4.84 Å². The highest BCUT2D eigenvalue weighted by Crippen LogP contribution is 2.13. The van der Waals surface area contributed by atoms with Gasteiger partial charge in [-0.1, -0.05) is 6.92 Å². The average Bonchev–Trinajstić information content (AvgIpc) is 2.16. The second-order valence-corrected chi connectivity index (χ2v) is 2.93. The first-order valence-corrected chi connectivity index (χ1v) is 3.76. The molecule has 0 amide bonds. The number of nitrogens with zero attached hydrogens (tertiary/aromatic N) is 1. The quantitative estimate of drug-likeness (QED) is 0.510. The molecule has 54 valence electrons. The Morgan fingerprint density at radius 3 is 2.78 bits per heavy atom. The molecule has 1 unspecified atom stereocenters. The Bertz CT molecular complexity index is 86.9. The minimum absolute atomic E-state index is 0.844. The fraction of sp³-hybridized carbons (Fsp3) is 1.00. The van der Waals surface area contributed by atoms with E-state index < -0.39 is 0 Å². The molecule has 1 heterocycles. The molecule has 1 fully saturated rings. The zero-order valence-electron chi connectivity index (χ0n) is 6.39. The molecular weight excluding hydrogens is 114 g/mol. The molecule has 0 aromatic heterocycles. The Morgan fingerprint density at radius 2 is 2.33 bits per heavy atom. The van der Waals surface area contributed by atoms with Crippen molar-refractivity contribution in [1.82, 2.24) is 0 Å². The predicted molar refractivity (Wildman–Crippen MR) is 36.8 cm³/mol. The molecule has 0 saturated carbocycles. The molecule has 9 heavy (non-hydrogen) atoms. The monoisotopic (exact) mass is 130 g/mol. The Morgan fingerprint density at radius 1 is 1.56 bits per heavy atom. The number of hydrogen-bond donors (Lipinski definition) is 0. The molecule has 1 aliphatic rings. The smallest absolute Gasteiger partial charge is 0.112 e. The van der Waals surface area contributed by atoms with Gasteiger partial charge in [0.1, 0.15) is 19.7 Å². The first kappa shape index (κ1) is 7.03. The maximum absolute atomic E-state index is 5.52. The van der Waals surface area contributed by atoms with E-state index in [-0.39, 0.29) is 0 Å². The zero-order valence-corrected chi connectivity index (χ0v) is 6.39. The molecule has 0 aromatic rings. The second-order valence-electron chi connectivity index (χ2n) is 2.93. The van der Waals surface area contributed by atoms with Gasteiger partial charge in [-0.15, -0.1) is 0 Å². The van der Waals surface area contributed by atoms with Crippen LogP contribution in [0.1, 0.15) is 19.8 Å². The van der Waals surface area contributed by atoms with Crippen LogP contribution in [0.25, 0.3) is 0 Å². The summed E-state index contributed by atoms with van der Waals surface area (Å²) in [5.74, 6) is 0. The lowest BCUT2D eigenvalue weighted by atomic mass is 10.4. The summed E-state index contributed by atoms with van der Waals surface area (Å²) in [6.45, 7) is 5.52. The third-order valence-corrected chi connectivity index (χ3v) is 1.88. The van der Waals surface area contributed by atoms with Gasteiger partial charge in [-0.3, -0.25) is 0 Å². The summed E-state index contributed by atoms with van der Waals surface area (Å²) in [5, 5.41) is 0. The Hall–Kier alpha value is -0.0800. The average molecular weight is 130 g/mol. The maximum Gasteiger partial charge on any atom is 0.112 e. The zero-order chi connectivity index (χ0) is 6.74. The Kier molecular flexibility index (Phi) is 2.09. The molecule has 1 saturated heterocycles. The summed E-state index contributed by atoms with van der Waals surface area (Å²) in [6, 6.07) is 0. The lowest BCUT2D eigenvalue weighted by Crippen LogP contribution is -2.39. The summed E-state index contributed by atoms with van der Waals surface area (Å²) in [4.78, 5) is 5.52. The van der Waals surface area contributed by atoms with E-state index in [1.54, 1.807) is 0 Å². The molecule has 0 N–H and O–H groups in total. The highest BCUT2D eigenvalue weighted by molar-refractivity contribution is 4.39. The van der Waals surface area contributed by atoms with E-state index in [1.807, 2.05) is 0 Å². The molecule has 0 spiro atoms. The van der Waals surface area contributed by atoms with Crippen LogP contribution in [0.15, 0.2) is 0 Å². The lowest BCUT2D eigenvalue weighted by Gasteiger charge is -2.24. The molecule has 2 heteroatoms. The molecule has 2 nitrogen and oxygen atoms in total. The van der Waals surface area contributed by atoms with E-state index in [9.17, 15) is 0 Å². The molecule has 1 rings (SSSR count). The third-order valence-electron chi connectivity index (χ3n) is 1.88. The van der Waals surface area contributed by atoms with Crippen LogP contribution in [-0.2, 0) is 4.84 Å². The third kappa shape index (κ3) is 1.66. The SMILES string of the molecule is CCC[N+]1(C)CCCO1. The minimum atomic E-state index is 0.844. The molecule has 0 radical (unpaired) electrons. The number of quaternary nitrogens is 1. The highest BCUT2D eigenvalue weighted by Gasteiger charge is 2.27. The van der Waals surface area contributed by atoms with E-state index in [1.165, 1.54) is 25.9 Å². The predicted octanol–water partition coefficient (Wildman–Crippen LogP) is 1.18. The van der Waals surface area contributed by atoms with Crippen molar-refractivity contribution < 1.29 is 9.48 Å². The Balaban J connectivity index is 2.32. The fourth-order valence-corrected chi connectivity index (χ4v) is 1.40. The normalized spacial score (nSPS) is 35.3. The molecule has 0 aromatic carbocycles. The van der Waals surface area contributed by atoms with Gasteiger partial charge in [0.15, 0.2) is 0 Å². The van der Waals surface area contributed by atoms with Gasteiger partial charge in [-0.25, -0.2) is 4.84 Å². The van der Waals surface area contributed by atoms with Gasteiger partial charge in [0, 0.05) is 6.42 Å². The summed E-state index contributed by atoms with van der Waals surface area (Å²) in [7, 11) is 2.16. The molecule has 0 bridgehead atoms. The molecule has 0 aliphatic carbocycles. The van der Waals surface area contributed by atoms with Gasteiger partial charge in [0.25, 0.3) is 0 Å². The first-order chi connectivity index (χ1) is 4.27. The van der Waals surface area contributed by atoms with E-state index in [0.717, 1.165) is 11.3 Å². The largest absolute Gasteiger partial charge is 0.203 e. The van der Waals surface area contributed by atoms with Crippen LogP contribution in [0.4, 0.5) is 0 Å². The highest BCUT2D eigenvalue weighted by atomic mass is 16.7. The van der Waals surface area contributed by atoms with Gasteiger partial charge in [-0.2, -0.15) is 4.65 Å². The van der Waals surface area contributed by atoms with Crippen molar-refractivity contribution >= 4 is 0 Å². The van der Waals surface area contributed by atoms with Crippen molar-refractivity contribution in [3.63, 3.8) is 0 Å². The van der Waals surface area contributed by atoms with Crippen molar-refractivity contribution in [2.45, 2.75) is 19.8 Å². The minimum Gasteiger partial charge on any atom is -0.203 e. The van der Waals surface area contributed by atoms with Crippen LogP contribution in [0.3, 0.4) is 0 Å². The van der Waals surface area contributed by atoms with E-state index >= 15 is 0 Å². The molecular formula is C7H16NO+. The molecule has 1 atom stereocenters. The van der Waals surface area contributed by atoms with Crippen LogP contribution in [0.2, 0.25) is 0 Å². The van der Waals surface area contributed by atoms with Crippen molar-refractivity contribution in [2.75, 3.05) is 26.7 Å². The van der Waals surface area contributed by atoms with Crippen molar-refractivity contribution in [3.8, 4) is 0 Å². The number of rotatable bonds is 2. The van der Waals surface area contributed by atoms with Crippen LogP contribution in [-0.4, -0.2) is 31.4 Å². The standard InChI is InChI=1S/C7H16NO/c1-3-5-8(2)6-4-7-9-8/h3-7H2,1-2H3/q+1. The lowest BCUT2D eigenvalue weighted by molar-refractivity contribution is -1.08. The van der Waals surface area contributed by atoms with Gasteiger partial charge in [0.05, 0.1) is 7.05 Å². The summed E-state index contributed by atoms with van der Waals surface area (Å²) in [6.07, 6.45) is 2.45. The van der Waals surface area contributed by atoms with Gasteiger partial charge in [-0.05, 0) is 6.42 Å². The van der Waals surface area contributed by atoms with Crippen LogP contribution in [0, 0.1) is 0 Å². The number of hydrogen-bond acceptors (Lipinski definition) is 1. The van der Waals surface area contributed by atoms with Crippen LogP contribution in [0.5, 0.6) is 0 Å². The van der Waals surface area contributed by atoms with Crippen LogP contribution >= 0.6 is 0 Å². The van der Waals surface area contributed by atoms with Crippen molar-refractivity contribution in [3.05, 3.63) is 0 Å². The van der Waals surface area contributed by atoms with E-state index in [2.05, 4.69) is 14.0 Å². The first-order valence-electron chi connectivity index (χ1n) is 3.76. The summed E-state index contributed by atoms with van der Waals surface area (Å²) >= 11 is 0. The number of hydroxylamine groups is 3. The van der Waals surface area contributed by atoms with Crippen molar-refractivity contribution in [2.24, 2.45) is 0 Å². The van der Waals surface area contributed by atoms with Crippen LogP contribution < -0.4 is 0 Å². The summed E-state index contributed by atoms with van der Waals surface area (Å²) in [5.41, 5.74) is 0. The maximum atomic E-state index is 5.52. The Labute approximate surface area is 57.0 Å². The van der Waals surface area contributed by atoms with Gasteiger partial charge >= 0.3 is 0 Å². The topological polar surface area (TPSA) is 9.23 Å². The van der Waals surface area contributed by atoms with E-state index in [0.29, 0.717) is 0 Å². The van der Waals surface area contributed by atoms with Crippen molar-refractivity contribution in [1.29, 1.82) is 0 Å². The van der Waals surface area contributed by atoms with Gasteiger partial charge in [0.2, 0.25) is 0 Å².